The summed E-state index contributed by atoms with van der Waals surface area (Å²) in [6, 6.07) is 5.01. The van der Waals surface area contributed by atoms with Crippen LogP contribution in [-0.4, -0.2) is 54.0 Å². The number of ether oxygens (including phenoxy) is 2. The van der Waals surface area contributed by atoms with Crippen LogP contribution in [0.4, 0.5) is 9.18 Å². The van der Waals surface area contributed by atoms with Crippen LogP contribution in [0.5, 0.6) is 11.6 Å². The first-order valence-electron chi connectivity index (χ1n) is 10.2. The second-order valence-electron chi connectivity index (χ2n) is 8.29. The molecule has 0 radical (unpaired) electrons. The summed E-state index contributed by atoms with van der Waals surface area (Å²) in [6.45, 7) is 5.03. The van der Waals surface area contributed by atoms with Crippen molar-refractivity contribution in [3.63, 3.8) is 0 Å². The van der Waals surface area contributed by atoms with Gasteiger partial charge in [-0.3, -0.25) is 4.79 Å². The molecule has 14 heteroatoms. The number of carboxylic acid groups (broad SMARTS) is 1. The van der Waals surface area contributed by atoms with Crippen LogP contribution in [0.15, 0.2) is 34.9 Å². The van der Waals surface area contributed by atoms with Gasteiger partial charge in [0.05, 0.1) is 24.0 Å². The average Bonchev–Trinajstić information content (AvgIpc) is 3.16. The van der Waals surface area contributed by atoms with Crippen molar-refractivity contribution < 1.29 is 28.6 Å². The van der Waals surface area contributed by atoms with Crippen LogP contribution in [0.1, 0.15) is 27.2 Å². The zero-order valence-corrected chi connectivity index (χ0v) is 21.2. The van der Waals surface area contributed by atoms with E-state index in [-0.39, 0.29) is 29.7 Å². The third-order valence-electron chi connectivity index (χ3n) is 4.15. The van der Waals surface area contributed by atoms with E-state index in [2.05, 4.69) is 41.6 Å². The minimum absolute atomic E-state index is 0.0567. The Hall–Kier alpha value is -3.32. The molecular formula is C21H21BrClFN6O5. The molecule has 3 aromatic rings. The fourth-order valence-corrected chi connectivity index (χ4v) is 3.48. The smallest absolute Gasteiger partial charge is 0.407 e. The molecular weight excluding hydrogens is 551 g/mol. The summed E-state index contributed by atoms with van der Waals surface area (Å²) in [4.78, 5) is 28.3. The number of nitrogens with one attached hydrogen (secondary N) is 1. The fourth-order valence-electron chi connectivity index (χ4n) is 2.80. The first-order valence-corrected chi connectivity index (χ1v) is 11.3. The van der Waals surface area contributed by atoms with E-state index in [1.54, 1.807) is 39.0 Å². The maximum absolute atomic E-state index is 13.9. The van der Waals surface area contributed by atoms with Crippen molar-refractivity contribution >= 4 is 39.6 Å². The van der Waals surface area contributed by atoms with Crippen molar-refractivity contribution in [3.05, 3.63) is 45.8 Å². The summed E-state index contributed by atoms with van der Waals surface area (Å²) in [6.07, 6.45) is 0.135. The van der Waals surface area contributed by atoms with Crippen LogP contribution in [0.3, 0.4) is 0 Å². The molecule has 3 rings (SSSR count). The number of aliphatic carboxylic acids is 1. The van der Waals surface area contributed by atoms with E-state index in [4.69, 9.17) is 21.1 Å². The Morgan fingerprint density at radius 2 is 2.06 bits per heavy atom. The number of hydrogen-bond donors (Lipinski definition) is 2. The lowest BCUT2D eigenvalue weighted by Crippen LogP contribution is -2.42. The Morgan fingerprint density at radius 3 is 2.69 bits per heavy atom. The third-order valence-corrected chi connectivity index (χ3v) is 5.01. The Balaban J connectivity index is 1.72. The number of amides is 1. The molecule has 1 amide bonds. The molecule has 0 aliphatic heterocycles. The van der Waals surface area contributed by atoms with Crippen LogP contribution in [0, 0.1) is 5.82 Å². The molecule has 0 spiro atoms. The standard InChI is InChI=1S/C21H21BrClFN6O5/c1-21(2,3)35-20(33)26-12(7-17(31)32)10-30-28-18(27-29-30)14-5-4-13(8-15(14)22)34-19-16(24)6-11(23)9-25-19/h4-6,8-9,12H,7,10H2,1-3H3,(H,26,33)(H,31,32). The number of carbonyl (C=O) groups is 2. The summed E-state index contributed by atoms with van der Waals surface area (Å²) in [5, 5.41) is 24.0. The molecule has 0 aliphatic rings. The summed E-state index contributed by atoms with van der Waals surface area (Å²) >= 11 is 9.10. The van der Waals surface area contributed by atoms with Crippen molar-refractivity contribution in [3.8, 4) is 23.0 Å². The molecule has 35 heavy (non-hydrogen) atoms. The molecule has 0 saturated heterocycles. The lowest BCUT2D eigenvalue weighted by atomic mass is 10.2. The summed E-state index contributed by atoms with van der Waals surface area (Å²) < 4.78 is 25.1. The topological polar surface area (TPSA) is 141 Å². The molecule has 2 N–H and O–H groups in total. The first-order chi connectivity index (χ1) is 16.4. The van der Waals surface area contributed by atoms with Gasteiger partial charge in [0.2, 0.25) is 5.82 Å². The molecule has 0 saturated carbocycles. The number of nitrogens with zero attached hydrogens (tertiary/aromatic N) is 5. The van der Waals surface area contributed by atoms with Gasteiger partial charge >= 0.3 is 12.1 Å². The Morgan fingerprint density at radius 1 is 1.31 bits per heavy atom. The van der Waals surface area contributed by atoms with Gasteiger partial charge < -0.3 is 19.9 Å². The van der Waals surface area contributed by atoms with Gasteiger partial charge in [-0.2, -0.15) is 4.80 Å². The highest BCUT2D eigenvalue weighted by atomic mass is 79.9. The van der Waals surface area contributed by atoms with Crippen LogP contribution < -0.4 is 10.1 Å². The van der Waals surface area contributed by atoms with E-state index < -0.39 is 29.5 Å². The van der Waals surface area contributed by atoms with E-state index in [0.29, 0.717) is 15.8 Å². The zero-order valence-electron chi connectivity index (χ0n) is 18.8. The van der Waals surface area contributed by atoms with E-state index in [1.807, 2.05) is 0 Å². The first kappa shape index (κ1) is 26.3. The van der Waals surface area contributed by atoms with Gasteiger partial charge in [-0.1, -0.05) is 11.6 Å². The average molecular weight is 572 g/mol. The van der Waals surface area contributed by atoms with Gasteiger partial charge in [-0.05, 0) is 66.2 Å². The van der Waals surface area contributed by atoms with Gasteiger partial charge in [0.25, 0.3) is 5.88 Å². The second kappa shape index (κ2) is 11.0. The highest BCUT2D eigenvalue weighted by molar-refractivity contribution is 9.10. The summed E-state index contributed by atoms with van der Waals surface area (Å²) in [5.41, 5.74) is -0.198. The van der Waals surface area contributed by atoms with Crippen molar-refractivity contribution in [2.24, 2.45) is 0 Å². The number of carbonyl (C=O) groups excluding carboxylic acids is 1. The Kier molecular flexibility index (Phi) is 8.22. The second-order valence-corrected chi connectivity index (χ2v) is 9.58. The van der Waals surface area contributed by atoms with Crippen molar-refractivity contribution in [2.75, 3.05) is 0 Å². The minimum atomic E-state index is -1.11. The van der Waals surface area contributed by atoms with Crippen LogP contribution in [0.2, 0.25) is 5.02 Å². The number of aromatic nitrogens is 5. The molecule has 0 fully saturated rings. The summed E-state index contributed by atoms with van der Waals surface area (Å²) in [7, 11) is 0. The number of pyridine rings is 1. The number of halogens is 3. The molecule has 186 valence electrons. The fraction of sp³-hybridized carbons (Fsp3) is 0.333. The Bertz CT molecular complexity index is 1240. The van der Waals surface area contributed by atoms with E-state index in [0.717, 1.165) is 6.07 Å². The maximum Gasteiger partial charge on any atom is 0.407 e. The van der Waals surface area contributed by atoms with Crippen LogP contribution in [-0.2, 0) is 16.1 Å². The highest BCUT2D eigenvalue weighted by Gasteiger charge is 2.23. The number of hydrogen-bond acceptors (Lipinski definition) is 8. The minimum Gasteiger partial charge on any atom is -0.481 e. The predicted octanol–water partition coefficient (Wildman–Crippen LogP) is 4.45. The quantitative estimate of drug-likeness (QED) is 0.401. The van der Waals surface area contributed by atoms with Gasteiger partial charge in [-0.25, -0.2) is 14.2 Å². The van der Waals surface area contributed by atoms with E-state index >= 15 is 0 Å². The Labute approximate surface area is 212 Å². The molecule has 1 unspecified atom stereocenters. The van der Waals surface area contributed by atoms with Gasteiger partial charge in [0, 0.05) is 16.2 Å². The summed E-state index contributed by atoms with van der Waals surface area (Å²) in [5.74, 6) is -1.54. The van der Waals surface area contributed by atoms with E-state index in [9.17, 15) is 19.1 Å². The molecule has 2 heterocycles. The van der Waals surface area contributed by atoms with Crippen LogP contribution in [0.25, 0.3) is 11.4 Å². The van der Waals surface area contributed by atoms with Gasteiger partial charge in [0.1, 0.15) is 11.4 Å². The molecule has 1 atom stereocenters. The largest absolute Gasteiger partial charge is 0.481 e. The third kappa shape index (κ3) is 7.86. The van der Waals surface area contributed by atoms with Crippen molar-refractivity contribution in [1.82, 2.24) is 30.5 Å². The SMILES string of the molecule is CC(C)(C)OC(=O)NC(CC(=O)O)Cn1nnc(-c2ccc(Oc3ncc(Cl)cc3F)cc2Br)n1. The molecule has 11 nitrogen and oxygen atoms in total. The molecule has 2 aromatic heterocycles. The number of rotatable bonds is 8. The van der Waals surface area contributed by atoms with Gasteiger partial charge in [0.15, 0.2) is 5.82 Å². The highest BCUT2D eigenvalue weighted by Crippen LogP contribution is 2.32. The molecule has 0 aliphatic carbocycles. The van der Waals surface area contributed by atoms with Crippen LogP contribution >= 0.6 is 27.5 Å². The number of alkyl carbamates (subject to hydrolysis) is 1. The monoisotopic (exact) mass is 570 g/mol. The zero-order chi connectivity index (χ0) is 25.8. The number of benzene rings is 1. The normalized spacial score (nSPS) is 12.2. The molecule has 0 bridgehead atoms. The number of carboxylic acids is 1. The van der Waals surface area contributed by atoms with Gasteiger partial charge in [-0.15, -0.1) is 10.2 Å². The number of tetrazole rings is 1. The van der Waals surface area contributed by atoms with Crippen molar-refractivity contribution in [2.45, 2.75) is 45.4 Å². The van der Waals surface area contributed by atoms with E-state index in [1.165, 1.54) is 11.0 Å². The lowest BCUT2D eigenvalue weighted by Gasteiger charge is -2.22. The molecule has 1 aromatic carbocycles. The maximum atomic E-state index is 13.9. The lowest BCUT2D eigenvalue weighted by molar-refractivity contribution is -0.137. The predicted molar refractivity (Wildman–Crippen MR) is 126 cm³/mol. The van der Waals surface area contributed by atoms with Crippen molar-refractivity contribution in [1.29, 1.82) is 0 Å².